The quantitative estimate of drug-likeness (QED) is 0.783. The van der Waals surface area contributed by atoms with E-state index in [1.165, 1.54) is 11.1 Å². The van der Waals surface area contributed by atoms with E-state index in [4.69, 9.17) is 4.98 Å². The predicted molar refractivity (Wildman–Crippen MR) is 134 cm³/mol. The fourth-order valence-corrected chi connectivity index (χ4v) is 5.19. The average molecular weight is 444 g/mol. The van der Waals surface area contributed by atoms with Gasteiger partial charge in [0.2, 0.25) is 0 Å². The molecule has 0 atom stereocenters. The van der Waals surface area contributed by atoms with Gasteiger partial charge in [-0.3, -0.25) is 4.79 Å². The lowest BCUT2D eigenvalue weighted by Crippen LogP contribution is -2.48. The number of piperazine rings is 1. The van der Waals surface area contributed by atoms with Crippen LogP contribution in [0.4, 0.5) is 11.5 Å². The number of fused-ring (bicyclic) bond motifs is 2. The first-order valence-corrected chi connectivity index (χ1v) is 12.0. The van der Waals surface area contributed by atoms with Gasteiger partial charge in [0.05, 0.1) is 17.5 Å². The van der Waals surface area contributed by atoms with E-state index in [2.05, 4.69) is 65.5 Å². The monoisotopic (exact) mass is 443 g/mol. The molecule has 3 heterocycles. The first-order chi connectivity index (χ1) is 16.1. The third-order valence-electron chi connectivity index (χ3n) is 7.08. The molecule has 1 aromatic carbocycles. The molecular formula is C27H33N5O. The molecular weight excluding hydrogens is 410 g/mol. The van der Waals surface area contributed by atoms with Gasteiger partial charge in [0.1, 0.15) is 5.82 Å². The van der Waals surface area contributed by atoms with Gasteiger partial charge in [0.15, 0.2) is 0 Å². The number of hydrogen-bond donors (Lipinski definition) is 1. The van der Waals surface area contributed by atoms with Crippen molar-refractivity contribution in [3.63, 3.8) is 0 Å². The maximum absolute atomic E-state index is 13.5. The van der Waals surface area contributed by atoms with Crippen molar-refractivity contribution in [1.82, 2.24) is 14.8 Å². The lowest BCUT2D eigenvalue weighted by Gasteiger charge is -2.35. The SMILES string of the molecule is C/C=C1\C(C(=O)N2CCN(C)CC2)=CN(CC)c2ncc(NC3Cc4ccccc4C3)cc21. The molecule has 0 radical (unpaired) electrons. The van der Waals surface area contributed by atoms with Gasteiger partial charge in [-0.2, -0.15) is 0 Å². The molecule has 1 aromatic heterocycles. The van der Waals surface area contributed by atoms with E-state index in [0.29, 0.717) is 6.04 Å². The van der Waals surface area contributed by atoms with Gasteiger partial charge in [-0.05, 0) is 56.5 Å². The molecule has 3 aliphatic rings. The maximum Gasteiger partial charge on any atom is 0.256 e. The molecule has 5 rings (SSSR count). The summed E-state index contributed by atoms with van der Waals surface area (Å²) >= 11 is 0. The van der Waals surface area contributed by atoms with Gasteiger partial charge in [-0.15, -0.1) is 0 Å². The Hall–Kier alpha value is -3.12. The molecule has 172 valence electrons. The first kappa shape index (κ1) is 21.7. The maximum atomic E-state index is 13.5. The Morgan fingerprint density at radius 1 is 1.15 bits per heavy atom. The Morgan fingerprint density at radius 2 is 1.85 bits per heavy atom. The highest BCUT2D eigenvalue weighted by Gasteiger charge is 2.31. The number of benzene rings is 1. The van der Waals surface area contributed by atoms with Crippen LogP contribution in [0.2, 0.25) is 0 Å². The minimum absolute atomic E-state index is 0.116. The number of nitrogens with zero attached hydrogens (tertiary/aromatic N) is 4. The molecule has 0 saturated carbocycles. The van der Waals surface area contributed by atoms with Crippen LogP contribution in [0.1, 0.15) is 30.5 Å². The lowest BCUT2D eigenvalue weighted by atomic mass is 9.93. The summed E-state index contributed by atoms with van der Waals surface area (Å²) in [6.45, 7) is 8.24. The number of hydrogen-bond acceptors (Lipinski definition) is 5. The molecule has 1 N–H and O–H groups in total. The van der Waals surface area contributed by atoms with Crippen molar-refractivity contribution in [2.75, 3.05) is 50.0 Å². The molecule has 6 heteroatoms. The standard InChI is InChI=1S/C27H33N5O/c1-4-23-24-16-22(29-21-14-19-8-6-7-9-20(19)15-21)17-28-26(24)31(5-2)18-25(23)27(33)32-12-10-30(3)11-13-32/h4,6-9,16-18,21,29H,5,10-15H2,1-3H3/b23-4-. The molecule has 1 saturated heterocycles. The highest BCUT2D eigenvalue weighted by Crippen LogP contribution is 2.38. The lowest BCUT2D eigenvalue weighted by molar-refractivity contribution is -0.128. The van der Waals surface area contributed by atoms with Crippen molar-refractivity contribution in [3.8, 4) is 0 Å². The number of allylic oxidation sites excluding steroid dienone is 1. The minimum Gasteiger partial charge on any atom is -0.380 e. The van der Waals surface area contributed by atoms with Gasteiger partial charge in [-0.1, -0.05) is 30.3 Å². The van der Waals surface area contributed by atoms with E-state index < -0.39 is 0 Å². The van der Waals surface area contributed by atoms with Gasteiger partial charge in [0, 0.05) is 50.5 Å². The van der Waals surface area contributed by atoms with Crippen molar-refractivity contribution < 1.29 is 4.79 Å². The molecule has 6 nitrogen and oxygen atoms in total. The van der Waals surface area contributed by atoms with E-state index in [1.807, 2.05) is 24.2 Å². The Balaban J connectivity index is 1.41. The number of rotatable bonds is 4. The topological polar surface area (TPSA) is 51.7 Å². The molecule has 0 bridgehead atoms. The number of nitrogens with one attached hydrogen (secondary N) is 1. The number of aromatic nitrogens is 1. The zero-order chi connectivity index (χ0) is 22.9. The average Bonchev–Trinajstić information content (AvgIpc) is 3.25. The molecule has 2 aromatic rings. The Morgan fingerprint density at radius 3 is 2.48 bits per heavy atom. The second kappa shape index (κ2) is 9.02. The molecule has 33 heavy (non-hydrogen) atoms. The van der Waals surface area contributed by atoms with Crippen LogP contribution in [-0.4, -0.2) is 66.5 Å². The molecule has 0 spiro atoms. The highest BCUT2D eigenvalue weighted by atomic mass is 16.2. The molecule has 0 unspecified atom stereocenters. The smallest absolute Gasteiger partial charge is 0.256 e. The summed E-state index contributed by atoms with van der Waals surface area (Å²) in [5.41, 5.74) is 6.63. The molecule has 2 aliphatic heterocycles. The van der Waals surface area contributed by atoms with E-state index in [1.54, 1.807) is 0 Å². The van der Waals surface area contributed by atoms with Crippen LogP contribution in [0.5, 0.6) is 0 Å². The van der Waals surface area contributed by atoms with Crippen LogP contribution in [0, 0.1) is 0 Å². The van der Waals surface area contributed by atoms with Crippen LogP contribution in [0.15, 0.2) is 54.4 Å². The zero-order valence-electron chi connectivity index (χ0n) is 19.8. The summed E-state index contributed by atoms with van der Waals surface area (Å²) in [4.78, 5) is 24.7. The van der Waals surface area contributed by atoms with Gasteiger partial charge >= 0.3 is 0 Å². The summed E-state index contributed by atoms with van der Waals surface area (Å²) in [6.07, 6.45) is 8.03. The van der Waals surface area contributed by atoms with Crippen LogP contribution in [0.3, 0.4) is 0 Å². The number of carbonyl (C=O) groups excluding carboxylic acids is 1. The normalized spacial score (nSPS) is 20.0. The molecule has 1 amide bonds. The van der Waals surface area contributed by atoms with E-state index in [9.17, 15) is 4.79 Å². The summed E-state index contributed by atoms with van der Waals surface area (Å²) in [5.74, 6) is 1.03. The number of pyridine rings is 1. The number of likely N-dealkylation sites (N-methyl/N-ethyl adjacent to an activating group) is 1. The number of anilines is 2. The van der Waals surface area contributed by atoms with Crippen molar-refractivity contribution >= 4 is 23.0 Å². The van der Waals surface area contributed by atoms with Crippen LogP contribution < -0.4 is 10.2 Å². The van der Waals surface area contributed by atoms with E-state index in [-0.39, 0.29) is 5.91 Å². The van der Waals surface area contributed by atoms with Gasteiger partial charge in [-0.25, -0.2) is 4.98 Å². The fraction of sp³-hybridized carbons (Fsp3) is 0.407. The third-order valence-corrected chi connectivity index (χ3v) is 7.08. The van der Waals surface area contributed by atoms with Crippen LogP contribution >= 0.6 is 0 Å². The summed E-state index contributed by atoms with van der Waals surface area (Å²) in [7, 11) is 2.11. The third kappa shape index (κ3) is 4.15. The summed E-state index contributed by atoms with van der Waals surface area (Å²) in [5, 5.41) is 3.70. The second-order valence-electron chi connectivity index (χ2n) is 9.24. The Bertz CT molecular complexity index is 1090. The summed E-state index contributed by atoms with van der Waals surface area (Å²) in [6, 6.07) is 11.2. The van der Waals surface area contributed by atoms with Crippen LogP contribution in [-0.2, 0) is 17.6 Å². The van der Waals surface area contributed by atoms with E-state index in [0.717, 1.165) is 73.8 Å². The highest BCUT2D eigenvalue weighted by molar-refractivity contribution is 6.12. The van der Waals surface area contributed by atoms with Crippen molar-refractivity contribution in [1.29, 1.82) is 0 Å². The fourth-order valence-electron chi connectivity index (χ4n) is 5.19. The van der Waals surface area contributed by atoms with Crippen molar-refractivity contribution in [2.24, 2.45) is 0 Å². The van der Waals surface area contributed by atoms with E-state index >= 15 is 0 Å². The first-order valence-electron chi connectivity index (χ1n) is 12.0. The van der Waals surface area contributed by atoms with Crippen LogP contribution in [0.25, 0.3) is 5.57 Å². The number of carbonyl (C=O) groups is 1. The largest absolute Gasteiger partial charge is 0.380 e. The number of amides is 1. The Kier molecular flexibility index (Phi) is 5.94. The van der Waals surface area contributed by atoms with Crippen molar-refractivity contribution in [3.05, 3.63) is 71.1 Å². The molecule has 1 fully saturated rings. The van der Waals surface area contributed by atoms with Gasteiger partial charge in [0.25, 0.3) is 5.91 Å². The van der Waals surface area contributed by atoms with Gasteiger partial charge < -0.3 is 20.0 Å². The minimum atomic E-state index is 0.116. The van der Waals surface area contributed by atoms with Crippen molar-refractivity contribution in [2.45, 2.75) is 32.7 Å². The summed E-state index contributed by atoms with van der Waals surface area (Å²) < 4.78 is 0. The Labute approximate surface area is 196 Å². The predicted octanol–water partition coefficient (Wildman–Crippen LogP) is 3.56. The molecule has 1 aliphatic carbocycles. The zero-order valence-corrected chi connectivity index (χ0v) is 19.8. The second-order valence-corrected chi connectivity index (χ2v) is 9.24.